The number of halogens is 4. The van der Waals surface area contributed by atoms with Crippen LogP contribution >= 0.6 is 11.6 Å². The minimum Gasteiger partial charge on any atom is -0.474 e. The van der Waals surface area contributed by atoms with E-state index in [4.69, 9.17) is 16.3 Å². The van der Waals surface area contributed by atoms with E-state index < -0.39 is 33.1 Å². The molecule has 2 aromatic rings. The van der Waals surface area contributed by atoms with Crippen LogP contribution in [0.3, 0.4) is 0 Å². The van der Waals surface area contributed by atoms with Crippen LogP contribution in [0, 0.1) is 0 Å². The molecule has 3 rings (SSSR count). The third-order valence-electron chi connectivity index (χ3n) is 4.35. The monoisotopic (exact) mass is 450 g/mol. The number of nitrogens with one attached hydrogen (secondary N) is 1. The van der Waals surface area contributed by atoms with E-state index in [2.05, 4.69) is 14.4 Å². The summed E-state index contributed by atoms with van der Waals surface area (Å²) in [5.41, 5.74) is 0. The van der Waals surface area contributed by atoms with Crippen molar-refractivity contribution in [3.05, 3.63) is 47.6 Å². The van der Waals surface area contributed by atoms with E-state index in [0.29, 0.717) is 36.6 Å². The zero-order chi connectivity index (χ0) is 21.1. The molecule has 1 aromatic carbocycles. The lowest BCUT2D eigenvalue weighted by molar-refractivity contribution is -0.275. The van der Waals surface area contributed by atoms with Gasteiger partial charge in [-0.25, -0.2) is 18.1 Å². The number of nitrogens with zero attached hydrogens (tertiary/aromatic N) is 1. The minimum absolute atomic E-state index is 0.134. The van der Waals surface area contributed by atoms with E-state index in [1.54, 1.807) is 12.1 Å². The molecule has 0 bridgehead atoms. The molecule has 0 radical (unpaired) electrons. The molecule has 1 fully saturated rings. The van der Waals surface area contributed by atoms with E-state index in [1.807, 2.05) is 0 Å². The van der Waals surface area contributed by atoms with Gasteiger partial charge >= 0.3 is 6.36 Å². The lowest BCUT2D eigenvalue weighted by Crippen LogP contribution is -2.40. The molecule has 0 aliphatic heterocycles. The lowest BCUT2D eigenvalue weighted by Gasteiger charge is -2.29. The first-order valence-electron chi connectivity index (χ1n) is 8.78. The molecule has 1 aliphatic carbocycles. The molecule has 0 amide bonds. The van der Waals surface area contributed by atoms with Gasteiger partial charge in [-0.3, -0.25) is 0 Å². The summed E-state index contributed by atoms with van der Waals surface area (Å²) in [5, 5.41) is 0.491. The molecule has 158 valence electrons. The number of pyridine rings is 1. The van der Waals surface area contributed by atoms with Crippen molar-refractivity contribution >= 4 is 21.6 Å². The molecule has 0 saturated heterocycles. The van der Waals surface area contributed by atoms with Crippen molar-refractivity contribution in [3.63, 3.8) is 0 Å². The molecular formula is C18H18ClF3N2O4S. The predicted octanol–water partition coefficient (Wildman–Crippen LogP) is 4.30. The third kappa shape index (κ3) is 6.22. The van der Waals surface area contributed by atoms with Gasteiger partial charge in [0, 0.05) is 18.3 Å². The largest absolute Gasteiger partial charge is 0.573 e. The van der Waals surface area contributed by atoms with Gasteiger partial charge in [-0.2, -0.15) is 0 Å². The smallest absolute Gasteiger partial charge is 0.474 e. The summed E-state index contributed by atoms with van der Waals surface area (Å²) in [5.74, 6) is -0.338. The van der Waals surface area contributed by atoms with Crippen molar-refractivity contribution in [3.8, 4) is 11.6 Å². The molecule has 1 N–H and O–H groups in total. The highest BCUT2D eigenvalue weighted by Gasteiger charge is 2.35. The number of aromatic nitrogens is 1. The van der Waals surface area contributed by atoms with Crippen LogP contribution in [0.15, 0.2) is 47.5 Å². The molecule has 0 spiro atoms. The second-order valence-corrected chi connectivity index (χ2v) is 8.64. The number of para-hydroxylation sites is 1. The van der Waals surface area contributed by atoms with Gasteiger partial charge in [0.25, 0.3) is 0 Å². The van der Waals surface area contributed by atoms with Crippen molar-refractivity contribution in [2.75, 3.05) is 0 Å². The Labute approximate surface area is 171 Å². The number of alkyl halides is 3. The molecule has 6 nitrogen and oxygen atoms in total. The lowest BCUT2D eigenvalue weighted by atomic mass is 9.94. The van der Waals surface area contributed by atoms with Gasteiger partial charge in [-0.05, 0) is 43.9 Å². The Morgan fingerprint density at radius 3 is 2.38 bits per heavy atom. The van der Waals surface area contributed by atoms with E-state index in [1.165, 1.54) is 18.3 Å². The van der Waals surface area contributed by atoms with Crippen LogP contribution in [0.25, 0.3) is 0 Å². The average molecular weight is 451 g/mol. The van der Waals surface area contributed by atoms with Crippen LogP contribution in [0.1, 0.15) is 25.7 Å². The first-order chi connectivity index (χ1) is 13.6. The minimum atomic E-state index is -4.99. The Balaban J connectivity index is 1.60. The van der Waals surface area contributed by atoms with Gasteiger partial charge in [0.05, 0.1) is 5.02 Å². The molecule has 1 aromatic heterocycles. The topological polar surface area (TPSA) is 77.5 Å². The van der Waals surface area contributed by atoms with Gasteiger partial charge in [0.15, 0.2) is 0 Å². The van der Waals surface area contributed by atoms with Crippen LogP contribution in [0.5, 0.6) is 11.6 Å². The summed E-state index contributed by atoms with van der Waals surface area (Å²) in [6.45, 7) is 0. The Bertz CT molecular complexity index is 931. The van der Waals surface area contributed by atoms with Gasteiger partial charge in [0.2, 0.25) is 15.9 Å². The zero-order valence-corrected chi connectivity index (χ0v) is 16.6. The van der Waals surface area contributed by atoms with Crippen LogP contribution in [0.2, 0.25) is 5.02 Å². The standard InChI is InChI=1S/C18H18ClF3N2O4S/c19-12-5-10-17(23-11-12)27-14-8-6-13(7-9-14)24-29(25,26)16-4-2-1-3-15(16)28-18(20,21)22/h1-5,10-11,13-14,24H,6-9H2. The Kier molecular flexibility index (Phi) is 6.55. The maximum Gasteiger partial charge on any atom is 0.573 e. The van der Waals surface area contributed by atoms with Crippen LogP contribution < -0.4 is 14.2 Å². The highest BCUT2D eigenvalue weighted by atomic mass is 35.5. The predicted molar refractivity (Wildman–Crippen MR) is 99.4 cm³/mol. The molecule has 1 heterocycles. The Morgan fingerprint density at radius 1 is 1.07 bits per heavy atom. The third-order valence-corrected chi connectivity index (χ3v) is 6.13. The van der Waals surface area contributed by atoms with E-state index in [0.717, 1.165) is 12.1 Å². The Morgan fingerprint density at radius 2 is 1.76 bits per heavy atom. The first kappa shape index (κ1) is 21.7. The number of ether oxygens (including phenoxy) is 2. The van der Waals surface area contributed by atoms with Crippen molar-refractivity contribution < 1.29 is 31.1 Å². The number of rotatable bonds is 6. The van der Waals surface area contributed by atoms with Gasteiger partial charge in [-0.15, -0.1) is 13.2 Å². The Hall–Kier alpha value is -2.04. The molecule has 1 aliphatic rings. The summed E-state index contributed by atoms with van der Waals surface area (Å²) >= 11 is 5.78. The van der Waals surface area contributed by atoms with Crippen LogP contribution in [-0.2, 0) is 10.0 Å². The summed E-state index contributed by atoms with van der Waals surface area (Å²) in [6.07, 6.45) is -1.57. The molecular weight excluding hydrogens is 433 g/mol. The summed E-state index contributed by atoms with van der Waals surface area (Å²) in [7, 11) is -4.19. The highest BCUT2D eigenvalue weighted by Crippen LogP contribution is 2.30. The highest BCUT2D eigenvalue weighted by molar-refractivity contribution is 7.89. The second-order valence-electron chi connectivity index (χ2n) is 6.52. The fourth-order valence-electron chi connectivity index (χ4n) is 3.07. The van der Waals surface area contributed by atoms with Crippen molar-refractivity contribution in [1.29, 1.82) is 0 Å². The van der Waals surface area contributed by atoms with Crippen LogP contribution in [-0.4, -0.2) is 31.9 Å². The zero-order valence-electron chi connectivity index (χ0n) is 15.0. The molecule has 0 unspecified atom stereocenters. The van der Waals surface area contributed by atoms with Crippen molar-refractivity contribution in [1.82, 2.24) is 9.71 Å². The first-order valence-corrected chi connectivity index (χ1v) is 10.6. The molecule has 29 heavy (non-hydrogen) atoms. The van der Waals surface area contributed by atoms with Gasteiger partial charge in [-0.1, -0.05) is 23.7 Å². The fraction of sp³-hybridized carbons (Fsp3) is 0.389. The maximum absolute atomic E-state index is 12.6. The number of hydrogen-bond acceptors (Lipinski definition) is 5. The molecule has 11 heteroatoms. The van der Waals surface area contributed by atoms with E-state index in [-0.39, 0.29) is 6.10 Å². The van der Waals surface area contributed by atoms with E-state index >= 15 is 0 Å². The van der Waals surface area contributed by atoms with Crippen LogP contribution in [0.4, 0.5) is 13.2 Å². The summed E-state index contributed by atoms with van der Waals surface area (Å²) in [4.78, 5) is 3.50. The second kappa shape index (κ2) is 8.76. The fourth-order valence-corrected chi connectivity index (χ4v) is 4.61. The maximum atomic E-state index is 12.6. The molecule has 0 atom stereocenters. The van der Waals surface area contributed by atoms with Gasteiger partial charge < -0.3 is 9.47 Å². The number of sulfonamides is 1. The summed E-state index contributed by atoms with van der Waals surface area (Å²) < 4.78 is 74.9. The quantitative estimate of drug-likeness (QED) is 0.710. The normalized spacial score (nSPS) is 20.3. The van der Waals surface area contributed by atoms with Crippen molar-refractivity contribution in [2.45, 2.75) is 49.1 Å². The summed E-state index contributed by atoms with van der Waals surface area (Å²) in [6, 6.07) is 7.53. The van der Waals surface area contributed by atoms with Gasteiger partial charge in [0.1, 0.15) is 16.7 Å². The van der Waals surface area contributed by atoms with E-state index in [9.17, 15) is 21.6 Å². The van der Waals surface area contributed by atoms with Crippen molar-refractivity contribution in [2.24, 2.45) is 0 Å². The average Bonchev–Trinajstić information content (AvgIpc) is 2.64. The number of benzene rings is 1. The number of hydrogen-bond donors (Lipinski definition) is 1. The molecule has 1 saturated carbocycles. The SMILES string of the molecule is O=S(=O)(NC1CCC(Oc2ccc(Cl)cn2)CC1)c1ccccc1OC(F)(F)F.